The Balaban J connectivity index is 1.53. The maximum atomic E-state index is 13.9. The van der Waals surface area contributed by atoms with E-state index in [-0.39, 0.29) is 23.2 Å². The second-order valence-electron chi connectivity index (χ2n) is 10.5. The van der Waals surface area contributed by atoms with Gasteiger partial charge < -0.3 is 9.80 Å². The summed E-state index contributed by atoms with van der Waals surface area (Å²) in [5.74, 6) is 1.15. The van der Waals surface area contributed by atoms with Crippen LogP contribution in [0.4, 0.5) is 11.5 Å². The number of hydrogen-bond acceptors (Lipinski definition) is 6. The molecular formula is C26H32Cl2N6O3S. The van der Waals surface area contributed by atoms with Crippen LogP contribution < -0.4 is 9.62 Å². The first-order valence-electron chi connectivity index (χ1n) is 12.9. The molecule has 2 aromatic heterocycles. The zero-order valence-corrected chi connectivity index (χ0v) is 24.0. The molecule has 3 aromatic rings. The highest BCUT2D eigenvalue weighted by molar-refractivity contribution is 7.92. The van der Waals surface area contributed by atoms with Crippen LogP contribution in [0.2, 0.25) is 10.2 Å². The molecule has 5 rings (SSSR count). The van der Waals surface area contributed by atoms with Crippen molar-refractivity contribution in [1.82, 2.24) is 19.5 Å². The number of rotatable bonds is 5. The summed E-state index contributed by atoms with van der Waals surface area (Å²) >= 11 is 12.7. The van der Waals surface area contributed by atoms with E-state index >= 15 is 0 Å². The average molecular weight is 580 g/mol. The second kappa shape index (κ2) is 10.5. The highest BCUT2D eigenvalue weighted by Gasteiger charge is 2.33. The van der Waals surface area contributed by atoms with Gasteiger partial charge in [0.2, 0.25) is 10.0 Å². The minimum atomic E-state index is -3.59. The van der Waals surface area contributed by atoms with Crippen LogP contribution >= 0.6 is 23.2 Å². The van der Waals surface area contributed by atoms with Gasteiger partial charge in [-0.3, -0.25) is 9.52 Å². The Hall–Kier alpha value is -2.56. The predicted octanol–water partition coefficient (Wildman–Crippen LogP) is 5.40. The van der Waals surface area contributed by atoms with E-state index < -0.39 is 10.0 Å². The summed E-state index contributed by atoms with van der Waals surface area (Å²) < 4.78 is 28.2. The quantitative estimate of drug-likeness (QED) is 0.407. The van der Waals surface area contributed by atoms with E-state index in [1.54, 1.807) is 11.0 Å². The van der Waals surface area contributed by atoms with Crippen molar-refractivity contribution in [3.63, 3.8) is 0 Å². The van der Waals surface area contributed by atoms with E-state index in [4.69, 9.17) is 28.3 Å². The molecule has 3 atom stereocenters. The van der Waals surface area contributed by atoms with Crippen molar-refractivity contribution in [1.29, 1.82) is 0 Å². The lowest BCUT2D eigenvalue weighted by molar-refractivity contribution is 0.0607. The van der Waals surface area contributed by atoms with E-state index in [1.165, 1.54) is 18.6 Å². The third-order valence-corrected chi connectivity index (χ3v) is 8.44. The average Bonchev–Trinajstić information content (AvgIpc) is 3.29. The van der Waals surface area contributed by atoms with Gasteiger partial charge in [-0.25, -0.2) is 13.4 Å². The fraction of sp³-hybridized carbons (Fsp3) is 0.500. The summed E-state index contributed by atoms with van der Waals surface area (Å²) in [5.41, 5.74) is 1.77. The molecule has 38 heavy (non-hydrogen) atoms. The zero-order chi connectivity index (χ0) is 27.2. The van der Waals surface area contributed by atoms with Gasteiger partial charge in [-0.05, 0) is 63.1 Å². The van der Waals surface area contributed by atoms with Crippen molar-refractivity contribution >= 4 is 56.3 Å². The van der Waals surface area contributed by atoms with Crippen LogP contribution in [-0.4, -0.2) is 59.2 Å². The summed E-state index contributed by atoms with van der Waals surface area (Å²) in [6.07, 6.45) is 5.83. The molecule has 2 fully saturated rings. The first-order chi connectivity index (χ1) is 18.0. The van der Waals surface area contributed by atoms with E-state index in [2.05, 4.69) is 28.5 Å². The van der Waals surface area contributed by atoms with Crippen LogP contribution in [0.25, 0.3) is 5.65 Å². The molecule has 2 aliphatic heterocycles. The van der Waals surface area contributed by atoms with Crippen molar-refractivity contribution in [3.8, 4) is 0 Å². The lowest BCUT2D eigenvalue weighted by atomic mass is 9.95. The summed E-state index contributed by atoms with van der Waals surface area (Å²) in [6.45, 7) is 5.89. The number of benzene rings is 1. The number of fused-ring (bicyclic) bond motifs is 1. The number of hydrogen-bond donors (Lipinski definition) is 1. The molecule has 4 heterocycles. The minimum absolute atomic E-state index is 0.199. The normalized spacial score (nSPS) is 22.6. The minimum Gasteiger partial charge on any atom is -0.353 e. The molecule has 0 saturated carbocycles. The number of piperidine rings is 2. The number of anilines is 2. The molecule has 0 bridgehead atoms. The van der Waals surface area contributed by atoms with Gasteiger partial charge in [0, 0.05) is 36.3 Å². The molecule has 1 aromatic carbocycles. The third-order valence-electron chi connectivity index (χ3n) is 7.42. The van der Waals surface area contributed by atoms with Crippen LogP contribution in [0, 0.1) is 5.92 Å². The monoisotopic (exact) mass is 578 g/mol. The summed E-state index contributed by atoms with van der Waals surface area (Å²) in [5, 5.41) is 5.71. The van der Waals surface area contributed by atoms with Crippen LogP contribution in [0.3, 0.4) is 0 Å². The number of carbonyl (C=O) groups excluding carboxylic acids is 1. The Labute approximate surface area is 233 Å². The Morgan fingerprint density at radius 2 is 1.87 bits per heavy atom. The van der Waals surface area contributed by atoms with Crippen molar-refractivity contribution in [2.24, 2.45) is 5.92 Å². The predicted molar refractivity (Wildman–Crippen MR) is 151 cm³/mol. The SMILES string of the molecule is C[C@H]1CC[C@@H](C)N(c2cc(Cl)nc3cc([C@@H]4CCCCN4C(=O)c4cc(Cl)ccc4NS(C)(=O)=O)nn23)C1. The second-order valence-corrected chi connectivity index (χ2v) is 13.1. The molecular weight excluding hydrogens is 547 g/mol. The van der Waals surface area contributed by atoms with E-state index in [0.29, 0.717) is 34.3 Å². The van der Waals surface area contributed by atoms with Crippen molar-refractivity contribution in [2.45, 2.75) is 58.0 Å². The Morgan fingerprint density at radius 1 is 1.08 bits per heavy atom. The van der Waals surface area contributed by atoms with Gasteiger partial charge in [0.25, 0.3) is 5.91 Å². The van der Waals surface area contributed by atoms with Gasteiger partial charge in [-0.2, -0.15) is 9.61 Å². The molecule has 12 heteroatoms. The number of amides is 1. The van der Waals surface area contributed by atoms with Gasteiger partial charge in [-0.1, -0.05) is 30.1 Å². The largest absolute Gasteiger partial charge is 0.353 e. The van der Waals surface area contributed by atoms with Gasteiger partial charge in [0.1, 0.15) is 11.0 Å². The van der Waals surface area contributed by atoms with Crippen LogP contribution in [0.5, 0.6) is 0 Å². The molecule has 204 valence electrons. The molecule has 1 amide bonds. The molecule has 0 radical (unpaired) electrons. The van der Waals surface area contributed by atoms with Crippen molar-refractivity contribution in [2.75, 3.05) is 29.0 Å². The van der Waals surface area contributed by atoms with Crippen LogP contribution in [0.1, 0.15) is 68.0 Å². The number of sulfonamides is 1. The fourth-order valence-corrected chi connectivity index (χ4v) is 6.47. The summed E-state index contributed by atoms with van der Waals surface area (Å²) in [6, 6.07) is 8.38. The van der Waals surface area contributed by atoms with Gasteiger partial charge in [0.05, 0.1) is 29.2 Å². The van der Waals surface area contributed by atoms with Gasteiger partial charge in [-0.15, -0.1) is 0 Å². The number of carbonyl (C=O) groups is 1. The number of likely N-dealkylation sites (tertiary alicyclic amines) is 1. The zero-order valence-electron chi connectivity index (χ0n) is 21.7. The Kier molecular flexibility index (Phi) is 7.50. The molecule has 0 unspecified atom stereocenters. The topological polar surface area (TPSA) is 99.9 Å². The van der Waals surface area contributed by atoms with Crippen LogP contribution in [0.15, 0.2) is 30.3 Å². The lowest BCUT2D eigenvalue weighted by Gasteiger charge is -2.38. The molecule has 0 spiro atoms. The summed E-state index contributed by atoms with van der Waals surface area (Å²) in [7, 11) is -3.59. The van der Waals surface area contributed by atoms with E-state index in [0.717, 1.165) is 50.0 Å². The molecule has 9 nitrogen and oxygen atoms in total. The Bertz CT molecular complexity index is 1480. The molecule has 2 saturated heterocycles. The molecule has 2 aliphatic rings. The molecule has 1 N–H and O–H groups in total. The molecule has 0 aliphatic carbocycles. The van der Waals surface area contributed by atoms with E-state index in [9.17, 15) is 13.2 Å². The van der Waals surface area contributed by atoms with E-state index in [1.807, 2.05) is 16.6 Å². The first kappa shape index (κ1) is 27.0. The van der Waals surface area contributed by atoms with Crippen LogP contribution in [-0.2, 0) is 10.0 Å². The number of aromatic nitrogens is 3. The number of nitrogens with zero attached hydrogens (tertiary/aromatic N) is 5. The highest BCUT2D eigenvalue weighted by Crippen LogP contribution is 2.36. The summed E-state index contributed by atoms with van der Waals surface area (Å²) in [4.78, 5) is 22.5. The van der Waals surface area contributed by atoms with Crippen molar-refractivity contribution < 1.29 is 13.2 Å². The standard InChI is InChI=1S/C26H32Cl2N6O3S/c1-16-7-8-17(2)33(15-16)25-14-23(28)29-24-13-21(30-34(24)25)22-6-4-5-11-32(22)26(35)19-12-18(27)9-10-20(19)31-38(3,36)37/h9-10,12-14,16-17,22,31H,4-8,11,15H2,1-3H3/t16-,17+,22-/m0/s1. The Morgan fingerprint density at radius 3 is 2.63 bits per heavy atom. The maximum absolute atomic E-state index is 13.9. The number of nitrogens with one attached hydrogen (secondary N) is 1. The number of halogens is 2. The lowest BCUT2D eigenvalue weighted by Crippen LogP contribution is -2.42. The maximum Gasteiger partial charge on any atom is 0.256 e. The fourth-order valence-electron chi connectivity index (χ4n) is 5.54. The first-order valence-corrected chi connectivity index (χ1v) is 15.6. The van der Waals surface area contributed by atoms with Gasteiger partial charge in [0.15, 0.2) is 5.65 Å². The highest BCUT2D eigenvalue weighted by atomic mass is 35.5. The van der Waals surface area contributed by atoms with Gasteiger partial charge >= 0.3 is 0 Å². The smallest absolute Gasteiger partial charge is 0.256 e. The van der Waals surface area contributed by atoms with Crippen molar-refractivity contribution in [3.05, 3.63) is 51.8 Å². The third kappa shape index (κ3) is 5.58.